The van der Waals surface area contributed by atoms with Crippen LogP contribution in [0.3, 0.4) is 0 Å². The number of hydrogen-bond acceptors (Lipinski definition) is 7. The predicted molar refractivity (Wildman–Crippen MR) is 140 cm³/mol. The molecule has 0 spiro atoms. The smallest absolute Gasteiger partial charge is 0.119 e. The van der Waals surface area contributed by atoms with Gasteiger partial charge in [-0.15, -0.1) is 0 Å². The van der Waals surface area contributed by atoms with Gasteiger partial charge in [0.15, 0.2) is 0 Å². The van der Waals surface area contributed by atoms with E-state index >= 15 is 0 Å². The predicted octanol–water partition coefficient (Wildman–Crippen LogP) is 5.04. The first-order chi connectivity index (χ1) is 16.7. The third-order valence-electron chi connectivity index (χ3n) is 7.86. The number of nitrogens with zero attached hydrogens (tertiary/aromatic N) is 2. The van der Waals surface area contributed by atoms with Crippen LogP contribution in [0.25, 0.3) is 10.9 Å². The summed E-state index contributed by atoms with van der Waals surface area (Å²) >= 11 is 2.16. The van der Waals surface area contributed by atoms with Crippen molar-refractivity contribution in [3.05, 3.63) is 36.0 Å². The van der Waals surface area contributed by atoms with Gasteiger partial charge in [-0.3, -0.25) is 4.98 Å². The molecule has 0 bridgehead atoms. The highest BCUT2D eigenvalue weighted by atomic mass is 32.2. The van der Waals surface area contributed by atoms with E-state index in [-0.39, 0.29) is 12.6 Å². The number of ether oxygens (including phenoxy) is 1. The average molecular weight is 488 g/mol. The monoisotopic (exact) mass is 487 g/mol. The van der Waals surface area contributed by atoms with Crippen molar-refractivity contribution in [2.45, 2.75) is 62.7 Å². The second-order valence-electron chi connectivity index (χ2n) is 9.97. The first kappa shape index (κ1) is 25.7. The lowest BCUT2D eigenvalue weighted by molar-refractivity contribution is 0.0626. The maximum atomic E-state index is 10.1. The standard InChI is InChI=1S/C27H41N3O3S/c1-33-22-8-10-26-25(17-22)24(11-13-28-26)27(29-32)9-7-20-12-14-30(18-21(20)19-31)15-16-34-23-5-3-2-4-6-23/h8,10-11,13,17,20-21,23,27,29,31-32H,2-7,9,12,14-16,18-19H2,1H3/t20-,21-,27-/m1/s1. The minimum Gasteiger partial charge on any atom is -0.497 e. The highest BCUT2D eigenvalue weighted by molar-refractivity contribution is 7.99. The van der Waals surface area contributed by atoms with Gasteiger partial charge in [-0.05, 0) is 80.3 Å². The molecule has 1 aromatic carbocycles. The third-order valence-corrected chi connectivity index (χ3v) is 9.22. The second kappa shape index (κ2) is 13.1. The number of likely N-dealkylation sites (tertiary alicyclic amines) is 1. The van der Waals surface area contributed by atoms with Gasteiger partial charge in [0.2, 0.25) is 0 Å². The molecule has 2 aliphatic rings. The van der Waals surface area contributed by atoms with E-state index in [1.807, 2.05) is 24.3 Å². The Bertz CT molecular complexity index is 893. The SMILES string of the molecule is COc1ccc2nccc([C@@H](CC[C@@H]3CCN(CCSC4CCCCC4)C[C@@H]3CO)NO)c2c1. The second-order valence-corrected chi connectivity index (χ2v) is 11.4. The lowest BCUT2D eigenvalue weighted by atomic mass is 9.81. The van der Waals surface area contributed by atoms with E-state index in [1.165, 1.54) is 37.9 Å². The number of thioether (sulfide) groups is 1. The molecule has 2 aromatic rings. The molecular formula is C27H41N3O3S. The molecular weight excluding hydrogens is 446 g/mol. The average Bonchev–Trinajstić information content (AvgIpc) is 2.89. The normalized spacial score (nSPS) is 23.3. The molecule has 2 fully saturated rings. The van der Waals surface area contributed by atoms with E-state index in [2.05, 4.69) is 27.1 Å². The van der Waals surface area contributed by atoms with Crippen LogP contribution in [0.4, 0.5) is 0 Å². The number of rotatable bonds is 11. The van der Waals surface area contributed by atoms with Crippen LogP contribution in [-0.2, 0) is 0 Å². The van der Waals surface area contributed by atoms with Crippen molar-refractivity contribution in [1.29, 1.82) is 0 Å². The topological polar surface area (TPSA) is 77.9 Å². The van der Waals surface area contributed by atoms with Gasteiger partial charge in [0.05, 0.1) is 18.7 Å². The van der Waals surface area contributed by atoms with Crippen molar-refractivity contribution in [2.24, 2.45) is 11.8 Å². The largest absolute Gasteiger partial charge is 0.497 e. The minimum absolute atomic E-state index is 0.179. The summed E-state index contributed by atoms with van der Waals surface area (Å²) < 4.78 is 5.40. The molecule has 0 radical (unpaired) electrons. The molecule has 1 aromatic heterocycles. The lowest BCUT2D eigenvalue weighted by Crippen LogP contribution is -2.43. The summed E-state index contributed by atoms with van der Waals surface area (Å²) in [6, 6.07) is 7.65. The van der Waals surface area contributed by atoms with E-state index < -0.39 is 0 Å². The lowest BCUT2D eigenvalue weighted by Gasteiger charge is -2.38. The number of aliphatic hydroxyl groups is 1. The molecule has 188 valence electrons. The van der Waals surface area contributed by atoms with Crippen molar-refractivity contribution in [2.75, 3.05) is 39.1 Å². The molecule has 1 saturated carbocycles. The number of benzene rings is 1. The van der Waals surface area contributed by atoms with Crippen LogP contribution in [0.2, 0.25) is 0 Å². The molecule has 7 heteroatoms. The number of aliphatic hydroxyl groups excluding tert-OH is 1. The van der Waals surface area contributed by atoms with E-state index in [0.29, 0.717) is 11.8 Å². The van der Waals surface area contributed by atoms with Gasteiger partial charge in [-0.25, -0.2) is 0 Å². The number of hydroxylamine groups is 1. The number of aromatic nitrogens is 1. The Morgan fingerprint density at radius 3 is 2.79 bits per heavy atom. The van der Waals surface area contributed by atoms with Crippen LogP contribution in [0.5, 0.6) is 5.75 Å². The molecule has 1 saturated heterocycles. The number of pyridine rings is 1. The van der Waals surface area contributed by atoms with Crippen molar-refractivity contribution >= 4 is 22.7 Å². The highest BCUT2D eigenvalue weighted by Gasteiger charge is 2.29. The molecule has 3 N–H and O–H groups in total. The Labute approximate surface area is 208 Å². The Hall–Kier alpha value is -1.38. The summed E-state index contributed by atoms with van der Waals surface area (Å²) in [7, 11) is 1.66. The number of piperidine rings is 1. The Morgan fingerprint density at radius 2 is 2.03 bits per heavy atom. The van der Waals surface area contributed by atoms with Crippen molar-refractivity contribution in [1.82, 2.24) is 15.4 Å². The fourth-order valence-electron chi connectivity index (χ4n) is 5.77. The van der Waals surface area contributed by atoms with Gasteiger partial charge in [0.25, 0.3) is 0 Å². The van der Waals surface area contributed by atoms with Crippen LogP contribution in [-0.4, -0.2) is 64.6 Å². The molecule has 6 nitrogen and oxygen atoms in total. The molecule has 0 amide bonds. The Balaban J connectivity index is 1.30. The zero-order valence-corrected chi connectivity index (χ0v) is 21.3. The van der Waals surface area contributed by atoms with Gasteiger partial charge >= 0.3 is 0 Å². The van der Waals surface area contributed by atoms with Crippen LogP contribution >= 0.6 is 11.8 Å². The van der Waals surface area contributed by atoms with E-state index in [9.17, 15) is 10.3 Å². The molecule has 2 heterocycles. The first-order valence-corrected chi connectivity index (χ1v) is 14.0. The number of hydrogen-bond donors (Lipinski definition) is 3. The minimum atomic E-state index is -0.179. The summed E-state index contributed by atoms with van der Waals surface area (Å²) in [5.74, 6) is 2.78. The van der Waals surface area contributed by atoms with Crippen molar-refractivity contribution in [3.8, 4) is 5.75 Å². The summed E-state index contributed by atoms with van der Waals surface area (Å²) in [6.45, 7) is 3.47. The molecule has 0 unspecified atom stereocenters. The number of fused-ring (bicyclic) bond motifs is 1. The van der Waals surface area contributed by atoms with E-state index in [0.717, 1.165) is 66.4 Å². The molecule has 4 rings (SSSR count). The quantitative estimate of drug-likeness (QED) is 0.383. The van der Waals surface area contributed by atoms with Crippen LogP contribution in [0.15, 0.2) is 30.5 Å². The van der Waals surface area contributed by atoms with Gasteiger partial charge in [0.1, 0.15) is 5.75 Å². The van der Waals surface area contributed by atoms with Gasteiger partial charge in [0, 0.05) is 42.3 Å². The summed E-state index contributed by atoms with van der Waals surface area (Å²) in [6.07, 6.45) is 11.7. The Kier molecular flexibility index (Phi) is 9.88. The van der Waals surface area contributed by atoms with Gasteiger partial charge in [-0.2, -0.15) is 17.2 Å². The fourth-order valence-corrected chi connectivity index (χ4v) is 7.14. The van der Waals surface area contributed by atoms with Gasteiger partial charge < -0.3 is 20.0 Å². The Morgan fingerprint density at radius 1 is 1.18 bits per heavy atom. The van der Waals surface area contributed by atoms with E-state index in [4.69, 9.17) is 4.74 Å². The van der Waals surface area contributed by atoms with E-state index in [1.54, 1.807) is 13.3 Å². The van der Waals surface area contributed by atoms with Crippen LogP contribution in [0.1, 0.15) is 63.0 Å². The molecule has 3 atom stereocenters. The van der Waals surface area contributed by atoms with Gasteiger partial charge in [-0.1, -0.05) is 19.3 Å². The molecule has 1 aliphatic heterocycles. The summed E-state index contributed by atoms with van der Waals surface area (Å²) in [4.78, 5) is 7.02. The van der Waals surface area contributed by atoms with Crippen LogP contribution in [0, 0.1) is 11.8 Å². The molecule has 34 heavy (non-hydrogen) atoms. The fraction of sp³-hybridized carbons (Fsp3) is 0.667. The highest BCUT2D eigenvalue weighted by Crippen LogP contribution is 2.34. The third kappa shape index (κ3) is 6.64. The maximum absolute atomic E-state index is 10.1. The summed E-state index contributed by atoms with van der Waals surface area (Å²) in [5.41, 5.74) is 4.47. The van der Waals surface area contributed by atoms with Crippen LogP contribution < -0.4 is 10.2 Å². The van der Waals surface area contributed by atoms with Crippen molar-refractivity contribution < 1.29 is 15.1 Å². The first-order valence-electron chi connectivity index (χ1n) is 13.0. The van der Waals surface area contributed by atoms with Crippen molar-refractivity contribution in [3.63, 3.8) is 0 Å². The molecule has 1 aliphatic carbocycles. The zero-order valence-electron chi connectivity index (χ0n) is 20.5. The number of nitrogens with one attached hydrogen (secondary N) is 1. The maximum Gasteiger partial charge on any atom is 0.119 e. The zero-order chi connectivity index (χ0) is 23.8. The summed E-state index contributed by atoms with van der Waals surface area (Å²) in [5, 5.41) is 22.0. The number of methoxy groups -OCH3 is 1.